The molecule has 2 aromatic heterocycles. The van der Waals surface area contributed by atoms with Gasteiger partial charge < -0.3 is 9.26 Å². The van der Waals surface area contributed by atoms with Crippen molar-refractivity contribution >= 4 is 5.97 Å². The highest BCUT2D eigenvalue weighted by Gasteiger charge is 2.22. The highest BCUT2D eigenvalue weighted by molar-refractivity contribution is 5.87. The molecule has 5 heteroatoms. The first-order valence-electron chi connectivity index (χ1n) is 7.44. The van der Waals surface area contributed by atoms with Gasteiger partial charge in [0.2, 0.25) is 5.76 Å². The maximum atomic E-state index is 12.0. The number of aromatic nitrogens is 2. The van der Waals surface area contributed by atoms with Crippen molar-refractivity contribution in [2.24, 2.45) is 11.8 Å². The number of rotatable bonds is 4. The molecular formula is C17H18N2O3. The molecule has 1 aliphatic carbocycles. The zero-order valence-corrected chi connectivity index (χ0v) is 12.4. The van der Waals surface area contributed by atoms with Crippen LogP contribution in [0.25, 0.3) is 11.4 Å². The fourth-order valence-corrected chi connectivity index (χ4v) is 2.50. The van der Waals surface area contributed by atoms with E-state index < -0.39 is 5.97 Å². The molecule has 0 fully saturated rings. The van der Waals surface area contributed by atoms with Gasteiger partial charge in [0.05, 0.1) is 12.3 Å². The van der Waals surface area contributed by atoms with E-state index in [-0.39, 0.29) is 5.76 Å². The van der Waals surface area contributed by atoms with E-state index in [0.29, 0.717) is 29.8 Å². The van der Waals surface area contributed by atoms with Gasteiger partial charge in [-0.1, -0.05) is 30.3 Å². The van der Waals surface area contributed by atoms with Crippen LogP contribution in [-0.2, 0) is 4.74 Å². The molecule has 0 radical (unpaired) electrons. The minimum absolute atomic E-state index is 0.111. The molecule has 2 atom stereocenters. The molecule has 0 spiro atoms. The Balaban J connectivity index is 1.61. The van der Waals surface area contributed by atoms with Gasteiger partial charge in [0.1, 0.15) is 5.69 Å². The standard InChI is InChI=1S/C17H18N2O3/c1-12-6-2-3-7-13(12)11-21-17(20)16-10-15(19-22-16)14-8-4-5-9-18-14/h2-5,8-10,12-13H,6-7,11H2,1H3. The first-order chi connectivity index (χ1) is 10.7. The molecule has 3 rings (SSSR count). The van der Waals surface area contributed by atoms with Crippen molar-refractivity contribution in [2.75, 3.05) is 6.61 Å². The third-order valence-electron chi connectivity index (χ3n) is 3.99. The van der Waals surface area contributed by atoms with E-state index in [0.717, 1.165) is 12.8 Å². The van der Waals surface area contributed by atoms with Crippen LogP contribution in [0.4, 0.5) is 0 Å². The number of hydrogen-bond acceptors (Lipinski definition) is 5. The van der Waals surface area contributed by atoms with Gasteiger partial charge in [-0.3, -0.25) is 4.98 Å². The third kappa shape index (κ3) is 3.24. The van der Waals surface area contributed by atoms with Gasteiger partial charge in [0.15, 0.2) is 0 Å². The molecule has 0 saturated carbocycles. The zero-order valence-electron chi connectivity index (χ0n) is 12.4. The van der Waals surface area contributed by atoms with Crippen LogP contribution in [0.5, 0.6) is 0 Å². The van der Waals surface area contributed by atoms with Gasteiger partial charge in [-0.15, -0.1) is 0 Å². The Kier molecular flexibility index (Phi) is 4.32. The Bertz CT molecular complexity index is 664. The average molecular weight is 298 g/mol. The van der Waals surface area contributed by atoms with E-state index in [1.54, 1.807) is 12.3 Å². The number of esters is 1. The van der Waals surface area contributed by atoms with Crippen LogP contribution in [0, 0.1) is 11.8 Å². The van der Waals surface area contributed by atoms with Crippen LogP contribution in [0.2, 0.25) is 0 Å². The number of ether oxygens (including phenoxy) is 1. The molecule has 0 saturated heterocycles. The Morgan fingerprint density at radius 3 is 2.95 bits per heavy atom. The minimum Gasteiger partial charge on any atom is -0.459 e. The quantitative estimate of drug-likeness (QED) is 0.638. The summed E-state index contributed by atoms with van der Waals surface area (Å²) in [6.45, 7) is 2.58. The van der Waals surface area contributed by atoms with Crippen molar-refractivity contribution in [3.05, 3.63) is 48.4 Å². The van der Waals surface area contributed by atoms with Gasteiger partial charge in [-0.2, -0.15) is 0 Å². The molecule has 1 aliphatic rings. The summed E-state index contributed by atoms with van der Waals surface area (Å²) >= 11 is 0. The van der Waals surface area contributed by atoms with E-state index in [4.69, 9.17) is 9.26 Å². The predicted octanol–water partition coefficient (Wildman–Crippen LogP) is 3.50. The van der Waals surface area contributed by atoms with Crippen LogP contribution >= 0.6 is 0 Å². The largest absolute Gasteiger partial charge is 0.459 e. The molecule has 5 nitrogen and oxygen atoms in total. The fraction of sp³-hybridized carbons (Fsp3) is 0.353. The number of pyridine rings is 1. The zero-order chi connectivity index (χ0) is 15.4. The highest BCUT2D eigenvalue weighted by Crippen LogP contribution is 2.25. The smallest absolute Gasteiger partial charge is 0.377 e. The van der Waals surface area contributed by atoms with E-state index in [1.807, 2.05) is 18.2 Å². The lowest BCUT2D eigenvalue weighted by Crippen LogP contribution is -2.21. The van der Waals surface area contributed by atoms with Crippen molar-refractivity contribution in [3.63, 3.8) is 0 Å². The Labute approximate surface area is 129 Å². The lowest BCUT2D eigenvalue weighted by Gasteiger charge is -2.24. The molecule has 0 bridgehead atoms. The Morgan fingerprint density at radius 2 is 2.18 bits per heavy atom. The summed E-state index contributed by atoms with van der Waals surface area (Å²) in [5, 5.41) is 3.87. The summed E-state index contributed by atoms with van der Waals surface area (Å²) in [5.41, 5.74) is 1.19. The van der Waals surface area contributed by atoms with Gasteiger partial charge in [-0.25, -0.2) is 4.79 Å². The van der Waals surface area contributed by atoms with Crippen molar-refractivity contribution in [3.8, 4) is 11.4 Å². The molecule has 114 valence electrons. The van der Waals surface area contributed by atoms with Crippen molar-refractivity contribution in [2.45, 2.75) is 19.8 Å². The SMILES string of the molecule is CC1CC=CCC1COC(=O)c1cc(-c2ccccn2)no1. The monoisotopic (exact) mass is 298 g/mol. The third-order valence-corrected chi connectivity index (χ3v) is 3.99. The summed E-state index contributed by atoms with van der Waals surface area (Å²) < 4.78 is 10.4. The molecule has 0 aliphatic heterocycles. The Hall–Kier alpha value is -2.43. The maximum Gasteiger partial charge on any atom is 0.377 e. The molecule has 2 unspecified atom stereocenters. The molecule has 2 aromatic rings. The second-order valence-electron chi connectivity index (χ2n) is 5.57. The lowest BCUT2D eigenvalue weighted by molar-refractivity contribution is 0.0350. The lowest BCUT2D eigenvalue weighted by atomic mass is 9.85. The number of nitrogens with zero attached hydrogens (tertiary/aromatic N) is 2. The molecule has 0 amide bonds. The fourth-order valence-electron chi connectivity index (χ4n) is 2.50. The van der Waals surface area contributed by atoms with Crippen LogP contribution in [-0.4, -0.2) is 22.7 Å². The van der Waals surface area contributed by atoms with Gasteiger partial charge in [0.25, 0.3) is 0 Å². The van der Waals surface area contributed by atoms with Crippen LogP contribution in [0.3, 0.4) is 0 Å². The van der Waals surface area contributed by atoms with Crippen LogP contribution in [0.15, 0.2) is 47.1 Å². The topological polar surface area (TPSA) is 65.2 Å². The summed E-state index contributed by atoms with van der Waals surface area (Å²) in [5.74, 6) is 0.528. The van der Waals surface area contributed by atoms with Crippen molar-refractivity contribution in [1.29, 1.82) is 0 Å². The second kappa shape index (κ2) is 6.56. The summed E-state index contributed by atoms with van der Waals surface area (Å²) in [4.78, 5) is 16.2. The molecular weight excluding hydrogens is 280 g/mol. The van der Waals surface area contributed by atoms with Crippen molar-refractivity contribution in [1.82, 2.24) is 10.1 Å². The number of carbonyl (C=O) groups is 1. The summed E-state index contributed by atoms with van der Waals surface area (Å²) in [6, 6.07) is 7.05. The van der Waals surface area contributed by atoms with E-state index in [1.165, 1.54) is 0 Å². The minimum atomic E-state index is -0.476. The molecule has 0 aromatic carbocycles. The maximum absolute atomic E-state index is 12.0. The number of allylic oxidation sites excluding steroid dienone is 2. The predicted molar refractivity (Wildman–Crippen MR) is 81.0 cm³/mol. The van der Waals surface area contributed by atoms with Gasteiger partial charge in [0, 0.05) is 12.3 Å². The average Bonchev–Trinajstić information content (AvgIpc) is 3.05. The number of hydrogen-bond donors (Lipinski definition) is 0. The molecule has 0 N–H and O–H groups in total. The normalized spacial score (nSPS) is 20.8. The van der Waals surface area contributed by atoms with E-state index >= 15 is 0 Å². The first-order valence-corrected chi connectivity index (χ1v) is 7.44. The van der Waals surface area contributed by atoms with Crippen LogP contribution < -0.4 is 0 Å². The Morgan fingerprint density at radius 1 is 1.32 bits per heavy atom. The van der Waals surface area contributed by atoms with E-state index in [2.05, 4.69) is 29.2 Å². The summed E-state index contributed by atoms with van der Waals surface area (Å²) in [7, 11) is 0. The van der Waals surface area contributed by atoms with Gasteiger partial charge in [-0.05, 0) is 36.8 Å². The highest BCUT2D eigenvalue weighted by atomic mass is 16.6. The van der Waals surface area contributed by atoms with Crippen molar-refractivity contribution < 1.29 is 14.1 Å². The summed E-state index contributed by atoms with van der Waals surface area (Å²) in [6.07, 6.45) is 7.98. The number of carbonyl (C=O) groups excluding carboxylic acids is 1. The van der Waals surface area contributed by atoms with Gasteiger partial charge >= 0.3 is 5.97 Å². The van der Waals surface area contributed by atoms with E-state index in [9.17, 15) is 4.79 Å². The second-order valence-corrected chi connectivity index (χ2v) is 5.57. The molecule has 22 heavy (non-hydrogen) atoms. The van der Waals surface area contributed by atoms with Crippen LogP contribution in [0.1, 0.15) is 30.3 Å². The first kappa shape index (κ1) is 14.5. The molecule has 2 heterocycles.